The molecule has 7 heteroatoms. The van der Waals surface area contributed by atoms with Crippen molar-refractivity contribution in [1.29, 1.82) is 0 Å². The van der Waals surface area contributed by atoms with E-state index >= 15 is 0 Å². The lowest BCUT2D eigenvalue weighted by Gasteiger charge is -2.23. The lowest BCUT2D eigenvalue weighted by atomic mass is 10.1. The van der Waals surface area contributed by atoms with E-state index in [0.717, 1.165) is 25.9 Å². The summed E-state index contributed by atoms with van der Waals surface area (Å²) < 4.78 is 40.4. The topological polar surface area (TPSA) is 50.3 Å². The molecule has 0 atom stereocenters. The van der Waals surface area contributed by atoms with E-state index in [9.17, 15) is 12.8 Å². The molecule has 4 nitrogen and oxygen atoms in total. The average molecular weight is 391 g/mol. The van der Waals surface area contributed by atoms with Crippen LogP contribution in [0, 0.1) is 5.82 Å². The molecule has 2 aromatic carbocycles. The molecule has 2 heterocycles. The molecule has 134 valence electrons. The second kappa shape index (κ2) is 6.52. The fourth-order valence-electron chi connectivity index (χ4n) is 3.34. The number of sulfone groups is 1. The summed E-state index contributed by atoms with van der Waals surface area (Å²) in [5.41, 5.74) is 1.10. The van der Waals surface area contributed by atoms with Gasteiger partial charge in [0, 0.05) is 29.7 Å². The summed E-state index contributed by atoms with van der Waals surface area (Å²) in [5.74, 6) is -0.416. The van der Waals surface area contributed by atoms with Crippen LogP contribution in [0.2, 0.25) is 5.02 Å². The number of nitrogens with zero attached hydrogens (tertiary/aromatic N) is 2. The number of aromatic nitrogens is 1. The SMILES string of the molecule is O=S(=O)(c1ccc(Cl)cc1)c1cnc2ccc(F)cc2c1N1CCCC1. The second-order valence-electron chi connectivity index (χ2n) is 6.28. The van der Waals surface area contributed by atoms with Crippen LogP contribution in [-0.2, 0) is 9.84 Å². The summed E-state index contributed by atoms with van der Waals surface area (Å²) in [6.07, 6.45) is 3.32. The molecule has 1 saturated heterocycles. The van der Waals surface area contributed by atoms with Gasteiger partial charge in [-0.15, -0.1) is 0 Å². The predicted octanol–water partition coefficient (Wildman–Crippen LogP) is 4.46. The molecule has 0 N–H and O–H groups in total. The maximum Gasteiger partial charge on any atom is 0.210 e. The molecule has 26 heavy (non-hydrogen) atoms. The van der Waals surface area contributed by atoms with Crippen LogP contribution in [0.5, 0.6) is 0 Å². The van der Waals surface area contributed by atoms with E-state index in [4.69, 9.17) is 11.6 Å². The molecule has 1 aromatic heterocycles. The minimum atomic E-state index is -3.81. The molecule has 0 aliphatic carbocycles. The number of hydrogen-bond acceptors (Lipinski definition) is 4. The van der Waals surface area contributed by atoms with Gasteiger partial charge in [0.15, 0.2) is 0 Å². The Kier molecular flexibility index (Phi) is 4.32. The van der Waals surface area contributed by atoms with Gasteiger partial charge in [-0.05, 0) is 55.3 Å². The molecule has 0 unspecified atom stereocenters. The van der Waals surface area contributed by atoms with E-state index in [1.54, 1.807) is 6.07 Å². The van der Waals surface area contributed by atoms with E-state index < -0.39 is 15.7 Å². The van der Waals surface area contributed by atoms with Crippen molar-refractivity contribution >= 4 is 38.0 Å². The number of anilines is 1. The first-order valence-electron chi connectivity index (χ1n) is 8.31. The molecular formula is C19H16ClFN2O2S. The molecule has 0 radical (unpaired) electrons. The Morgan fingerprint density at radius 3 is 2.42 bits per heavy atom. The Labute approximate surface area is 156 Å². The first-order valence-corrected chi connectivity index (χ1v) is 10.2. The second-order valence-corrected chi connectivity index (χ2v) is 8.64. The molecule has 0 saturated carbocycles. The van der Waals surface area contributed by atoms with Crippen LogP contribution in [0.4, 0.5) is 10.1 Å². The zero-order valence-electron chi connectivity index (χ0n) is 13.8. The van der Waals surface area contributed by atoms with Gasteiger partial charge in [-0.25, -0.2) is 12.8 Å². The van der Waals surface area contributed by atoms with Crippen molar-refractivity contribution in [1.82, 2.24) is 4.98 Å². The molecule has 1 fully saturated rings. The highest BCUT2D eigenvalue weighted by molar-refractivity contribution is 7.91. The lowest BCUT2D eigenvalue weighted by molar-refractivity contribution is 0.595. The molecule has 0 spiro atoms. The number of fused-ring (bicyclic) bond motifs is 1. The van der Waals surface area contributed by atoms with Crippen molar-refractivity contribution in [3.05, 3.63) is 59.5 Å². The average Bonchev–Trinajstić information content (AvgIpc) is 3.15. The van der Waals surface area contributed by atoms with Crippen molar-refractivity contribution in [2.24, 2.45) is 0 Å². The van der Waals surface area contributed by atoms with Crippen molar-refractivity contribution in [3.8, 4) is 0 Å². The molecule has 1 aliphatic rings. The molecule has 3 aromatic rings. The Morgan fingerprint density at radius 2 is 1.73 bits per heavy atom. The normalized spacial score (nSPS) is 14.9. The predicted molar refractivity (Wildman–Crippen MR) is 100 cm³/mol. The Morgan fingerprint density at radius 1 is 1.04 bits per heavy atom. The Balaban J connectivity index is 1.99. The first kappa shape index (κ1) is 17.2. The van der Waals surface area contributed by atoms with Crippen LogP contribution in [-0.4, -0.2) is 26.5 Å². The van der Waals surface area contributed by atoms with Gasteiger partial charge in [-0.1, -0.05) is 11.6 Å². The van der Waals surface area contributed by atoms with E-state index in [-0.39, 0.29) is 9.79 Å². The third-order valence-corrected chi connectivity index (χ3v) is 6.63. The number of rotatable bonds is 3. The molecular weight excluding hydrogens is 375 g/mol. The van der Waals surface area contributed by atoms with E-state index in [2.05, 4.69) is 4.98 Å². The minimum absolute atomic E-state index is 0.0971. The monoisotopic (exact) mass is 390 g/mol. The van der Waals surface area contributed by atoms with Crippen LogP contribution in [0.3, 0.4) is 0 Å². The zero-order chi connectivity index (χ0) is 18.3. The van der Waals surface area contributed by atoms with Gasteiger partial charge in [0.25, 0.3) is 0 Å². The number of pyridine rings is 1. The van der Waals surface area contributed by atoms with Crippen LogP contribution in [0.15, 0.2) is 58.5 Å². The van der Waals surface area contributed by atoms with Crippen molar-refractivity contribution < 1.29 is 12.8 Å². The van der Waals surface area contributed by atoms with Gasteiger partial charge >= 0.3 is 0 Å². The van der Waals surface area contributed by atoms with Crippen LogP contribution in [0.25, 0.3) is 10.9 Å². The third-order valence-electron chi connectivity index (χ3n) is 4.60. The van der Waals surface area contributed by atoms with Crippen molar-refractivity contribution in [3.63, 3.8) is 0 Å². The molecule has 4 rings (SSSR count). The number of halogens is 2. The standard InChI is InChI=1S/C19H16ClFN2O2S/c20-13-3-6-15(7-4-13)26(24,25)18-12-22-17-8-5-14(21)11-16(17)19(18)23-9-1-2-10-23/h3-8,11-12H,1-2,9-10H2. The third kappa shape index (κ3) is 2.93. The summed E-state index contributed by atoms with van der Waals surface area (Å²) in [6, 6.07) is 10.3. The summed E-state index contributed by atoms with van der Waals surface area (Å²) in [5, 5.41) is 0.976. The van der Waals surface area contributed by atoms with E-state index in [1.165, 1.54) is 42.6 Å². The summed E-state index contributed by atoms with van der Waals surface area (Å²) in [4.78, 5) is 6.51. The van der Waals surface area contributed by atoms with Gasteiger partial charge in [0.2, 0.25) is 9.84 Å². The Bertz CT molecular complexity index is 1080. The van der Waals surface area contributed by atoms with Gasteiger partial charge in [0.05, 0.1) is 16.1 Å². The summed E-state index contributed by atoms with van der Waals surface area (Å²) >= 11 is 5.88. The quantitative estimate of drug-likeness (QED) is 0.662. The highest BCUT2D eigenvalue weighted by Gasteiger charge is 2.28. The molecule has 0 bridgehead atoms. The first-order chi connectivity index (χ1) is 12.5. The van der Waals surface area contributed by atoms with Gasteiger partial charge in [-0.3, -0.25) is 4.98 Å². The van der Waals surface area contributed by atoms with E-state index in [1.807, 2.05) is 4.90 Å². The van der Waals surface area contributed by atoms with Gasteiger partial charge in [0.1, 0.15) is 10.7 Å². The number of benzene rings is 2. The fraction of sp³-hybridized carbons (Fsp3) is 0.211. The van der Waals surface area contributed by atoms with Gasteiger partial charge < -0.3 is 4.90 Å². The summed E-state index contributed by atoms with van der Waals surface area (Å²) in [6.45, 7) is 1.47. The summed E-state index contributed by atoms with van der Waals surface area (Å²) in [7, 11) is -3.81. The highest BCUT2D eigenvalue weighted by atomic mass is 35.5. The van der Waals surface area contributed by atoms with Crippen LogP contribution in [0.1, 0.15) is 12.8 Å². The fourth-order valence-corrected chi connectivity index (χ4v) is 4.90. The number of hydrogen-bond donors (Lipinski definition) is 0. The smallest absolute Gasteiger partial charge is 0.210 e. The molecule has 1 aliphatic heterocycles. The van der Waals surface area contributed by atoms with Gasteiger partial charge in [-0.2, -0.15) is 0 Å². The highest BCUT2D eigenvalue weighted by Crippen LogP contribution is 2.37. The largest absolute Gasteiger partial charge is 0.370 e. The van der Waals surface area contributed by atoms with Crippen molar-refractivity contribution in [2.45, 2.75) is 22.6 Å². The maximum atomic E-state index is 13.9. The minimum Gasteiger partial charge on any atom is -0.370 e. The maximum absolute atomic E-state index is 13.9. The van der Waals surface area contributed by atoms with Crippen LogP contribution >= 0.6 is 11.6 Å². The molecule has 0 amide bonds. The zero-order valence-corrected chi connectivity index (χ0v) is 15.4. The lowest BCUT2D eigenvalue weighted by Crippen LogP contribution is -2.21. The van der Waals surface area contributed by atoms with E-state index in [0.29, 0.717) is 21.6 Å². The van der Waals surface area contributed by atoms with Crippen LogP contribution < -0.4 is 4.90 Å². The van der Waals surface area contributed by atoms with Crippen molar-refractivity contribution in [2.75, 3.05) is 18.0 Å². The Hall–Kier alpha value is -2.18.